The van der Waals surface area contributed by atoms with E-state index in [9.17, 15) is 9.65 Å². The lowest BCUT2D eigenvalue weighted by Crippen LogP contribution is -2.11. The molecule has 1 unspecified atom stereocenters. The van der Waals surface area contributed by atoms with Gasteiger partial charge < -0.3 is 10.6 Å². The van der Waals surface area contributed by atoms with E-state index < -0.39 is 0 Å². The number of anilines is 3. The van der Waals surface area contributed by atoms with Crippen molar-refractivity contribution in [2.45, 2.75) is 13.0 Å². The molecule has 0 aliphatic rings. The molecule has 4 rings (SSSR count). The Morgan fingerprint density at radius 2 is 1.84 bits per heavy atom. The van der Waals surface area contributed by atoms with Gasteiger partial charge in [0.25, 0.3) is 0 Å². The smallest absolute Gasteiger partial charge is 0.225 e. The Morgan fingerprint density at radius 3 is 2.58 bits per heavy atom. The molecule has 2 aromatic carbocycles. The van der Waals surface area contributed by atoms with Gasteiger partial charge in [0.05, 0.1) is 29.6 Å². The minimum Gasteiger partial charge on any atom is -0.348 e. The molecule has 31 heavy (non-hydrogen) atoms. The molecule has 0 aliphatic heterocycles. The number of benzene rings is 2. The summed E-state index contributed by atoms with van der Waals surface area (Å²) in [7, 11) is 0. The van der Waals surface area contributed by atoms with E-state index in [-0.39, 0.29) is 11.9 Å². The SMILES string of the molecule is CC(Nc1nc(Nc2cnccn2)cc(-c2cccc(C#N)c2)n1)c1ccc(F)cc1. The Bertz CT molecular complexity index is 1220. The normalized spacial score (nSPS) is 11.4. The molecule has 0 fully saturated rings. The molecule has 0 saturated carbocycles. The van der Waals surface area contributed by atoms with E-state index in [1.807, 2.05) is 13.0 Å². The van der Waals surface area contributed by atoms with E-state index in [4.69, 9.17) is 0 Å². The van der Waals surface area contributed by atoms with E-state index >= 15 is 0 Å². The zero-order valence-corrected chi connectivity index (χ0v) is 16.6. The van der Waals surface area contributed by atoms with Crippen LogP contribution in [0, 0.1) is 17.1 Å². The predicted octanol–water partition coefficient (Wildman–Crippen LogP) is 4.86. The van der Waals surface area contributed by atoms with E-state index in [2.05, 4.69) is 36.6 Å². The molecule has 8 heteroatoms. The van der Waals surface area contributed by atoms with Crippen molar-refractivity contribution in [2.24, 2.45) is 0 Å². The first kappa shape index (κ1) is 19.9. The summed E-state index contributed by atoms with van der Waals surface area (Å²) in [6.45, 7) is 1.94. The topological polar surface area (TPSA) is 99.4 Å². The molecule has 0 amide bonds. The molecule has 0 saturated heterocycles. The van der Waals surface area contributed by atoms with E-state index in [0.29, 0.717) is 28.8 Å². The standard InChI is InChI=1S/C23H18FN7/c1-15(17-5-7-19(24)8-6-17)28-23-29-20(18-4-2-3-16(11-18)13-25)12-21(31-23)30-22-14-26-9-10-27-22/h2-12,14-15H,1H3,(H2,27,28,29,30,31). The van der Waals surface area contributed by atoms with Crippen LogP contribution in [0.15, 0.2) is 73.2 Å². The molecule has 0 spiro atoms. The number of aromatic nitrogens is 4. The summed E-state index contributed by atoms with van der Waals surface area (Å²) in [6.07, 6.45) is 4.75. The molecule has 0 bridgehead atoms. The summed E-state index contributed by atoms with van der Waals surface area (Å²) in [6, 6.07) is 17.2. The number of rotatable bonds is 6. The minimum absolute atomic E-state index is 0.161. The van der Waals surface area contributed by atoms with E-state index in [1.54, 1.807) is 55.0 Å². The van der Waals surface area contributed by atoms with Gasteiger partial charge in [0.2, 0.25) is 5.95 Å². The first-order chi connectivity index (χ1) is 15.1. The van der Waals surface area contributed by atoms with Crippen molar-refractivity contribution in [3.8, 4) is 17.3 Å². The van der Waals surface area contributed by atoms with Crippen LogP contribution in [0.25, 0.3) is 11.3 Å². The second kappa shape index (κ2) is 8.97. The van der Waals surface area contributed by atoms with Gasteiger partial charge >= 0.3 is 0 Å². The number of halogens is 1. The lowest BCUT2D eigenvalue weighted by atomic mass is 10.1. The number of nitrogens with one attached hydrogen (secondary N) is 2. The Hall–Kier alpha value is -4.38. The van der Waals surface area contributed by atoms with Crippen molar-refractivity contribution in [2.75, 3.05) is 10.6 Å². The fourth-order valence-electron chi connectivity index (χ4n) is 3.00. The lowest BCUT2D eigenvalue weighted by Gasteiger charge is -2.16. The molecule has 152 valence electrons. The average molecular weight is 411 g/mol. The molecular weight excluding hydrogens is 393 g/mol. The van der Waals surface area contributed by atoms with Crippen LogP contribution in [-0.4, -0.2) is 19.9 Å². The highest BCUT2D eigenvalue weighted by atomic mass is 19.1. The van der Waals surface area contributed by atoms with Crippen LogP contribution in [0.1, 0.15) is 24.1 Å². The maximum absolute atomic E-state index is 13.3. The van der Waals surface area contributed by atoms with Gasteiger partial charge in [-0.2, -0.15) is 10.2 Å². The molecule has 2 N–H and O–H groups in total. The van der Waals surface area contributed by atoms with Gasteiger partial charge in [-0.1, -0.05) is 24.3 Å². The van der Waals surface area contributed by atoms with Crippen LogP contribution in [-0.2, 0) is 0 Å². The van der Waals surface area contributed by atoms with Crippen LogP contribution in [0.2, 0.25) is 0 Å². The molecule has 4 aromatic rings. The van der Waals surface area contributed by atoms with E-state index in [0.717, 1.165) is 11.1 Å². The van der Waals surface area contributed by atoms with Crippen LogP contribution >= 0.6 is 0 Å². The van der Waals surface area contributed by atoms with Crippen molar-refractivity contribution in [1.29, 1.82) is 5.26 Å². The summed E-state index contributed by atoms with van der Waals surface area (Å²) in [5, 5.41) is 15.6. The first-order valence-electron chi connectivity index (χ1n) is 9.55. The van der Waals surface area contributed by atoms with Crippen molar-refractivity contribution < 1.29 is 4.39 Å². The molecule has 2 aromatic heterocycles. The minimum atomic E-state index is -0.290. The summed E-state index contributed by atoms with van der Waals surface area (Å²) in [5.41, 5.74) is 2.84. The van der Waals surface area contributed by atoms with Crippen LogP contribution < -0.4 is 10.6 Å². The van der Waals surface area contributed by atoms with Gasteiger partial charge in [-0.25, -0.2) is 14.4 Å². The summed E-state index contributed by atoms with van der Waals surface area (Å²) in [4.78, 5) is 17.4. The zero-order chi connectivity index (χ0) is 21.6. The monoisotopic (exact) mass is 411 g/mol. The quantitative estimate of drug-likeness (QED) is 0.467. The summed E-state index contributed by atoms with van der Waals surface area (Å²) >= 11 is 0. The molecule has 1 atom stereocenters. The van der Waals surface area contributed by atoms with Crippen LogP contribution in [0.5, 0.6) is 0 Å². The van der Waals surface area contributed by atoms with Crippen LogP contribution in [0.3, 0.4) is 0 Å². The Kier molecular flexibility index (Phi) is 5.76. The summed E-state index contributed by atoms with van der Waals surface area (Å²) in [5.74, 6) is 1.14. The number of nitriles is 1. The lowest BCUT2D eigenvalue weighted by molar-refractivity contribution is 0.626. The Balaban J connectivity index is 1.70. The third-order valence-corrected chi connectivity index (χ3v) is 4.55. The van der Waals surface area contributed by atoms with Gasteiger partial charge in [-0.15, -0.1) is 0 Å². The predicted molar refractivity (Wildman–Crippen MR) is 116 cm³/mol. The van der Waals surface area contributed by atoms with Gasteiger partial charge in [0.15, 0.2) is 0 Å². The van der Waals surface area contributed by atoms with Crippen molar-refractivity contribution in [1.82, 2.24) is 19.9 Å². The average Bonchev–Trinajstić information content (AvgIpc) is 2.80. The highest BCUT2D eigenvalue weighted by Crippen LogP contribution is 2.25. The number of hydrogen-bond acceptors (Lipinski definition) is 7. The van der Waals surface area contributed by atoms with Gasteiger partial charge in [-0.3, -0.25) is 4.98 Å². The molecular formula is C23H18FN7. The highest BCUT2D eigenvalue weighted by Gasteiger charge is 2.12. The fourth-order valence-corrected chi connectivity index (χ4v) is 3.00. The molecule has 0 aliphatic carbocycles. The fraction of sp³-hybridized carbons (Fsp3) is 0.0870. The molecule has 0 radical (unpaired) electrons. The Morgan fingerprint density at radius 1 is 1.00 bits per heavy atom. The van der Waals surface area contributed by atoms with Crippen molar-refractivity contribution in [3.05, 3.63) is 90.1 Å². The van der Waals surface area contributed by atoms with Crippen LogP contribution in [0.4, 0.5) is 22.0 Å². The van der Waals surface area contributed by atoms with Gasteiger partial charge in [0, 0.05) is 24.0 Å². The van der Waals surface area contributed by atoms with Gasteiger partial charge in [-0.05, 0) is 36.8 Å². The summed E-state index contributed by atoms with van der Waals surface area (Å²) < 4.78 is 13.3. The maximum atomic E-state index is 13.3. The largest absolute Gasteiger partial charge is 0.348 e. The highest BCUT2D eigenvalue weighted by molar-refractivity contribution is 5.67. The van der Waals surface area contributed by atoms with E-state index in [1.165, 1.54) is 12.1 Å². The third-order valence-electron chi connectivity index (χ3n) is 4.55. The molecule has 2 heterocycles. The Labute approximate surface area is 178 Å². The van der Waals surface area contributed by atoms with Crippen molar-refractivity contribution in [3.63, 3.8) is 0 Å². The first-order valence-corrected chi connectivity index (χ1v) is 9.55. The maximum Gasteiger partial charge on any atom is 0.225 e. The zero-order valence-electron chi connectivity index (χ0n) is 16.6. The van der Waals surface area contributed by atoms with Crippen molar-refractivity contribution >= 4 is 17.6 Å². The molecule has 7 nitrogen and oxygen atoms in total. The van der Waals surface area contributed by atoms with Gasteiger partial charge in [0.1, 0.15) is 17.5 Å². The second-order valence-corrected chi connectivity index (χ2v) is 6.79. The second-order valence-electron chi connectivity index (χ2n) is 6.79. The number of nitrogens with zero attached hydrogens (tertiary/aromatic N) is 5. The number of hydrogen-bond donors (Lipinski definition) is 2. The third kappa shape index (κ3) is 4.97.